The van der Waals surface area contributed by atoms with Gasteiger partial charge in [0.05, 0.1) is 4.88 Å². The van der Waals surface area contributed by atoms with Gasteiger partial charge in [-0.2, -0.15) is 4.37 Å². The number of nitrogens with zero attached hydrogens (tertiary/aromatic N) is 2. The number of hydrogen-bond donors (Lipinski definition) is 1. The predicted molar refractivity (Wildman–Crippen MR) is 99.1 cm³/mol. The van der Waals surface area contributed by atoms with Crippen molar-refractivity contribution in [2.45, 2.75) is 25.8 Å². The van der Waals surface area contributed by atoms with Crippen LogP contribution in [-0.2, 0) is 0 Å². The summed E-state index contributed by atoms with van der Waals surface area (Å²) >= 11 is 1.12. The molecule has 2 aromatic rings. The Bertz CT molecular complexity index is 810. The maximum atomic E-state index is 12.5. The molecule has 0 saturated carbocycles. The van der Waals surface area contributed by atoms with Gasteiger partial charge in [-0.25, -0.2) is 0 Å². The van der Waals surface area contributed by atoms with Crippen LogP contribution in [0.25, 0.3) is 0 Å². The van der Waals surface area contributed by atoms with E-state index in [0.29, 0.717) is 28.0 Å². The zero-order valence-corrected chi connectivity index (χ0v) is 15.4. The predicted octanol–water partition coefficient (Wildman–Crippen LogP) is 2.96. The van der Waals surface area contributed by atoms with Crippen LogP contribution in [0.1, 0.15) is 39.8 Å². The zero-order valence-electron chi connectivity index (χ0n) is 14.6. The average molecular weight is 371 g/mol. The molecule has 0 unspecified atom stereocenters. The van der Waals surface area contributed by atoms with Crippen LogP contribution in [0.4, 0.5) is 0 Å². The number of ether oxygens (including phenoxy) is 1. The molecule has 3 aliphatic rings. The molecular formula is C19H21N3O3S. The molecule has 6 nitrogen and oxygen atoms in total. The first kappa shape index (κ1) is 17.2. The van der Waals surface area contributed by atoms with Crippen molar-refractivity contribution >= 4 is 23.2 Å². The Hall–Kier alpha value is -2.25. The summed E-state index contributed by atoms with van der Waals surface area (Å²) in [6, 6.07) is 8.88. The Morgan fingerprint density at radius 3 is 2.54 bits per heavy atom. The molecule has 1 N–H and O–H groups in total. The second-order valence-corrected chi connectivity index (χ2v) is 7.73. The summed E-state index contributed by atoms with van der Waals surface area (Å²) in [5.41, 5.74) is 0.622. The molecule has 3 aliphatic heterocycles. The third-order valence-electron chi connectivity index (χ3n) is 5.15. The number of benzene rings is 1. The molecule has 1 atom stereocenters. The van der Waals surface area contributed by atoms with Gasteiger partial charge in [-0.1, -0.05) is 0 Å². The van der Waals surface area contributed by atoms with E-state index in [-0.39, 0.29) is 17.7 Å². The first-order chi connectivity index (χ1) is 12.6. The molecule has 1 amide bonds. The first-order valence-corrected chi connectivity index (χ1v) is 9.64. The normalized spacial score (nSPS) is 24.3. The standard InChI is InChI=1S/C19H21N3O3S/c1-12(23)17-10-18(21-26-17)25-15-4-2-14(3-5-15)19(24)20-16-11-22-8-6-13(16)7-9-22/h2-5,10,13,16H,6-9,11H2,1H3,(H,20,24)/t16-/m0/s1. The maximum absolute atomic E-state index is 12.5. The quantitative estimate of drug-likeness (QED) is 0.818. The molecule has 5 rings (SSSR count). The third kappa shape index (κ3) is 3.64. The van der Waals surface area contributed by atoms with E-state index >= 15 is 0 Å². The second kappa shape index (κ2) is 7.17. The van der Waals surface area contributed by atoms with Crippen molar-refractivity contribution in [1.82, 2.24) is 14.6 Å². The smallest absolute Gasteiger partial charge is 0.251 e. The van der Waals surface area contributed by atoms with Crippen molar-refractivity contribution in [2.75, 3.05) is 19.6 Å². The molecule has 4 heterocycles. The van der Waals surface area contributed by atoms with Crippen LogP contribution in [0.15, 0.2) is 30.3 Å². The van der Waals surface area contributed by atoms with E-state index in [0.717, 1.165) is 31.2 Å². The highest BCUT2D eigenvalue weighted by atomic mass is 32.1. The Morgan fingerprint density at radius 2 is 1.96 bits per heavy atom. The lowest BCUT2D eigenvalue weighted by molar-refractivity contribution is 0.0620. The minimum absolute atomic E-state index is 0.0305. The van der Waals surface area contributed by atoms with Crippen molar-refractivity contribution < 1.29 is 14.3 Å². The fourth-order valence-corrected chi connectivity index (χ4v) is 4.21. The summed E-state index contributed by atoms with van der Waals surface area (Å²) in [6.45, 7) is 4.77. The number of piperidine rings is 3. The van der Waals surface area contributed by atoms with Crippen molar-refractivity contribution in [3.05, 3.63) is 40.8 Å². The lowest BCUT2D eigenvalue weighted by Gasteiger charge is -2.44. The van der Waals surface area contributed by atoms with Crippen molar-refractivity contribution in [1.29, 1.82) is 0 Å². The minimum Gasteiger partial charge on any atom is -0.438 e. The van der Waals surface area contributed by atoms with E-state index in [1.165, 1.54) is 19.8 Å². The van der Waals surface area contributed by atoms with E-state index in [1.54, 1.807) is 30.3 Å². The summed E-state index contributed by atoms with van der Waals surface area (Å²) in [7, 11) is 0. The van der Waals surface area contributed by atoms with Crippen LogP contribution in [-0.4, -0.2) is 46.6 Å². The summed E-state index contributed by atoms with van der Waals surface area (Å²) in [6.07, 6.45) is 2.35. The Balaban J connectivity index is 1.37. The molecule has 1 aromatic carbocycles. The number of carbonyl (C=O) groups is 2. The maximum Gasteiger partial charge on any atom is 0.251 e. The van der Waals surface area contributed by atoms with Crippen LogP contribution < -0.4 is 10.1 Å². The number of Topliss-reactive ketones (excluding diaryl/α,β-unsaturated/α-hetero) is 1. The zero-order chi connectivity index (χ0) is 18.1. The van der Waals surface area contributed by atoms with E-state index in [4.69, 9.17) is 4.74 Å². The van der Waals surface area contributed by atoms with Gasteiger partial charge < -0.3 is 15.0 Å². The molecule has 3 fully saturated rings. The van der Waals surface area contributed by atoms with Gasteiger partial charge in [0.25, 0.3) is 5.91 Å². The van der Waals surface area contributed by atoms with Crippen LogP contribution in [0.5, 0.6) is 11.6 Å². The van der Waals surface area contributed by atoms with Crippen molar-refractivity contribution in [3.8, 4) is 11.6 Å². The fourth-order valence-electron chi connectivity index (χ4n) is 3.65. The molecule has 0 radical (unpaired) electrons. The topological polar surface area (TPSA) is 71.5 Å². The second-order valence-electron chi connectivity index (χ2n) is 6.93. The van der Waals surface area contributed by atoms with Gasteiger partial charge in [-0.15, -0.1) is 0 Å². The Labute approximate surface area is 156 Å². The lowest BCUT2D eigenvalue weighted by Crippen LogP contribution is -2.57. The van der Waals surface area contributed by atoms with E-state index in [2.05, 4.69) is 14.6 Å². The molecule has 3 saturated heterocycles. The van der Waals surface area contributed by atoms with Crippen LogP contribution in [0, 0.1) is 5.92 Å². The van der Waals surface area contributed by atoms with Crippen LogP contribution in [0.2, 0.25) is 0 Å². The van der Waals surface area contributed by atoms with E-state index < -0.39 is 0 Å². The van der Waals surface area contributed by atoms with Gasteiger partial charge >= 0.3 is 0 Å². The number of hydrogen-bond acceptors (Lipinski definition) is 6. The number of carbonyl (C=O) groups excluding carboxylic acids is 2. The lowest BCUT2D eigenvalue weighted by atomic mass is 9.84. The molecule has 7 heteroatoms. The minimum atomic E-state index is -0.0391. The van der Waals surface area contributed by atoms with Crippen LogP contribution >= 0.6 is 11.5 Å². The molecular weight excluding hydrogens is 350 g/mol. The SMILES string of the molecule is CC(=O)c1cc(Oc2ccc(C(=O)N[C@H]3CN4CCC3CC4)cc2)ns1. The molecule has 2 bridgehead atoms. The van der Waals surface area contributed by atoms with E-state index in [9.17, 15) is 9.59 Å². The van der Waals surface area contributed by atoms with Gasteiger partial charge in [-0.3, -0.25) is 9.59 Å². The molecule has 1 aromatic heterocycles. The highest BCUT2D eigenvalue weighted by molar-refractivity contribution is 7.08. The monoisotopic (exact) mass is 371 g/mol. The van der Waals surface area contributed by atoms with Crippen LogP contribution in [0.3, 0.4) is 0 Å². The fraction of sp³-hybridized carbons (Fsp3) is 0.421. The molecule has 0 aliphatic carbocycles. The highest BCUT2D eigenvalue weighted by Gasteiger charge is 2.34. The average Bonchev–Trinajstić information content (AvgIpc) is 3.12. The van der Waals surface area contributed by atoms with Gasteiger partial charge in [0.15, 0.2) is 5.78 Å². The molecule has 26 heavy (non-hydrogen) atoms. The number of nitrogens with one attached hydrogen (secondary N) is 1. The summed E-state index contributed by atoms with van der Waals surface area (Å²) < 4.78 is 9.75. The number of fused-ring (bicyclic) bond motifs is 3. The number of rotatable bonds is 5. The van der Waals surface area contributed by atoms with E-state index in [1.807, 2.05) is 0 Å². The molecule has 136 valence electrons. The summed E-state index contributed by atoms with van der Waals surface area (Å²) in [5, 5.41) is 3.18. The first-order valence-electron chi connectivity index (χ1n) is 8.87. The number of aromatic nitrogens is 1. The third-order valence-corrected chi connectivity index (χ3v) is 6.02. The Morgan fingerprint density at radius 1 is 1.23 bits per heavy atom. The van der Waals surface area contributed by atoms with Gasteiger partial charge in [0.2, 0.25) is 5.88 Å². The highest BCUT2D eigenvalue weighted by Crippen LogP contribution is 2.28. The Kier molecular flexibility index (Phi) is 4.74. The molecule has 0 spiro atoms. The van der Waals surface area contributed by atoms with Gasteiger partial charge in [-0.05, 0) is 67.6 Å². The van der Waals surface area contributed by atoms with Gasteiger partial charge in [0.1, 0.15) is 5.75 Å². The number of amides is 1. The number of ketones is 1. The van der Waals surface area contributed by atoms with Crippen molar-refractivity contribution in [3.63, 3.8) is 0 Å². The van der Waals surface area contributed by atoms with Gasteiger partial charge in [0, 0.05) is 31.1 Å². The largest absolute Gasteiger partial charge is 0.438 e. The summed E-state index contributed by atoms with van der Waals surface area (Å²) in [5.74, 6) is 1.51. The summed E-state index contributed by atoms with van der Waals surface area (Å²) in [4.78, 5) is 26.8. The van der Waals surface area contributed by atoms with Crippen molar-refractivity contribution in [2.24, 2.45) is 5.92 Å².